The number of nitrogens with zero attached hydrogens (tertiary/aromatic N) is 2. The van der Waals surface area contributed by atoms with E-state index in [0.717, 1.165) is 19.5 Å². The molecule has 1 saturated heterocycles. The van der Waals surface area contributed by atoms with Crippen molar-refractivity contribution < 1.29 is 4.92 Å². The largest absolute Gasteiger partial charge is 0.379 e. The Bertz CT molecular complexity index is 458. The van der Waals surface area contributed by atoms with Crippen LogP contribution in [0.15, 0.2) is 12.1 Å². The number of likely N-dealkylation sites (N-methyl/N-ethyl adjacent to an activating group) is 1. The first-order valence-corrected chi connectivity index (χ1v) is 6.31. The number of nitrogens with one attached hydrogen (secondary N) is 1. The van der Waals surface area contributed by atoms with Gasteiger partial charge in [0.1, 0.15) is 0 Å². The van der Waals surface area contributed by atoms with E-state index in [1.807, 2.05) is 7.05 Å². The summed E-state index contributed by atoms with van der Waals surface area (Å²) in [6, 6.07) is 2.90. The van der Waals surface area contributed by atoms with Crippen LogP contribution in [0, 0.1) is 10.1 Å². The minimum atomic E-state index is -0.509. The molecule has 0 spiro atoms. The van der Waals surface area contributed by atoms with Crippen LogP contribution in [0.1, 0.15) is 6.42 Å². The van der Waals surface area contributed by atoms with Gasteiger partial charge in [-0.2, -0.15) is 0 Å². The van der Waals surface area contributed by atoms with Gasteiger partial charge in [0.05, 0.1) is 20.7 Å². The summed E-state index contributed by atoms with van der Waals surface area (Å²) in [4.78, 5) is 12.4. The zero-order valence-electron chi connectivity index (χ0n) is 9.82. The SMILES string of the molecule is CN1CCC(Nc2c(Cl)cc([N+](=O)[O-])cc2Cl)C1. The molecule has 5 nitrogen and oxygen atoms in total. The average Bonchev–Trinajstić information content (AvgIpc) is 2.69. The molecule has 1 aromatic rings. The lowest BCUT2D eigenvalue weighted by Crippen LogP contribution is -2.23. The summed E-state index contributed by atoms with van der Waals surface area (Å²) in [6.45, 7) is 1.92. The molecule has 0 bridgehead atoms. The molecular formula is C11H13Cl2N3O2. The number of hydrogen-bond donors (Lipinski definition) is 1. The molecule has 1 aliphatic heterocycles. The van der Waals surface area contributed by atoms with E-state index < -0.39 is 4.92 Å². The first-order chi connectivity index (χ1) is 8.47. The monoisotopic (exact) mass is 289 g/mol. The fourth-order valence-corrected chi connectivity index (χ4v) is 2.64. The molecule has 1 aliphatic rings. The van der Waals surface area contributed by atoms with Crippen molar-refractivity contribution in [2.75, 3.05) is 25.5 Å². The van der Waals surface area contributed by atoms with Gasteiger partial charge in [-0.3, -0.25) is 10.1 Å². The van der Waals surface area contributed by atoms with Crippen LogP contribution in [-0.4, -0.2) is 36.0 Å². The first-order valence-electron chi connectivity index (χ1n) is 5.56. The Hall–Kier alpha value is -1.04. The number of nitro groups is 1. The molecule has 0 radical (unpaired) electrons. The third-order valence-corrected chi connectivity index (χ3v) is 3.57. The number of hydrogen-bond acceptors (Lipinski definition) is 4. The van der Waals surface area contributed by atoms with E-state index in [2.05, 4.69) is 10.2 Å². The van der Waals surface area contributed by atoms with Gasteiger partial charge in [-0.25, -0.2) is 0 Å². The summed E-state index contributed by atoms with van der Waals surface area (Å²) in [6.07, 6.45) is 1.00. The maximum absolute atomic E-state index is 10.7. The van der Waals surface area contributed by atoms with Crippen LogP contribution >= 0.6 is 23.2 Å². The second kappa shape index (κ2) is 5.30. The van der Waals surface area contributed by atoms with Gasteiger partial charge in [0, 0.05) is 24.7 Å². The molecule has 1 atom stereocenters. The van der Waals surface area contributed by atoms with Crippen LogP contribution in [0.25, 0.3) is 0 Å². The molecule has 1 N–H and O–H groups in total. The molecule has 1 heterocycles. The number of nitro benzene ring substituents is 1. The minimum absolute atomic E-state index is 0.0981. The van der Waals surface area contributed by atoms with E-state index in [4.69, 9.17) is 23.2 Å². The fraction of sp³-hybridized carbons (Fsp3) is 0.455. The molecule has 0 saturated carbocycles. The highest BCUT2D eigenvalue weighted by Crippen LogP contribution is 2.35. The van der Waals surface area contributed by atoms with Gasteiger partial charge in [0.25, 0.3) is 5.69 Å². The van der Waals surface area contributed by atoms with Crippen LogP contribution < -0.4 is 5.32 Å². The number of benzene rings is 1. The summed E-state index contributed by atoms with van der Waals surface area (Å²) in [7, 11) is 2.04. The quantitative estimate of drug-likeness (QED) is 0.686. The Balaban J connectivity index is 2.20. The standard InChI is InChI=1S/C11H13Cl2N3O2/c1-15-3-2-7(6-15)14-11-9(12)4-8(16(17)18)5-10(11)13/h4-5,7,14H,2-3,6H2,1H3. The van der Waals surface area contributed by atoms with Crippen LogP contribution in [0.5, 0.6) is 0 Å². The number of anilines is 1. The molecule has 2 rings (SSSR count). The van der Waals surface area contributed by atoms with E-state index >= 15 is 0 Å². The van der Waals surface area contributed by atoms with Gasteiger partial charge in [-0.1, -0.05) is 23.2 Å². The molecule has 1 fully saturated rings. The van der Waals surface area contributed by atoms with Crippen LogP contribution in [0.3, 0.4) is 0 Å². The molecule has 1 aromatic carbocycles. The number of rotatable bonds is 3. The summed E-state index contributed by atoms with van der Waals surface area (Å²) < 4.78 is 0. The topological polar surface area (TPSA) is 58.4 Å². The lowest BCUT2D eigenvalue weighted by atomic mass is 10.2. The number of halogens is 2. The zero-order chi connectivity index (χ0) is 13.3. The first kappa shape index (κ1) is 13.4. The van der Waals surface area contributed by atoms with Crippen LogP contribution in [0.2, 0.25) is 10.0 Å². The Kier molecular flexibility index (Phi) is 3.94. The Morgan fingerprint density at radius 3 is 2.50 bits per heavy atom. The van der Waals surface area contributed by atoms with Gasteiger partial charge >= 0.3 is 0 Å². The van der Waals surface area contributed by atoms with Crippen molar-refractivity contribution >= 4 is 34.6 Å². The second-order valence-corrected chi connectivity index (χ2v) is 5.25. The van der Waals surface area contributed by atoms with Crippen molar-refractivity contribution in [3.05, 3.63) is 32.3 Å². The Morgan fingerprint density at radius 1 is 1.44 bits per heavy atom. The third-order valence-electron chi connectivity index (χ3n) is 2.98. The second-order valence-electron chi connectivity index (χ2n) is 4.43. The van der Waals surface area contributed by atoms with Crippen LogP contribution in [0.4, 0.5) is 11.4 Å². The maximum atomic E-state index is 10.7. The van der Waals surface area contributed by atoms with Crippen molar-refractivity contribution in [2.45, 2.75) is 12.5 Å². The van der Waals surface area contributed by atoms with Gasteiger partial charge in [-0.15, -0.1) is 0 Å². The zero-order valence-corrected chi connectivity index (χ0v) is 11.3. The molecule has 0 amide bonds. The average molecular weight is 290 g/mol. The Morgan fingerprint density at radius 2 is 2.06 bits per heavy atom. The van der Waals surface area contributed by atoms with Crippen molar-refractivity contribution in [1.29, 1.82) is 0 Å². The predicted octanol–water partition coefficient (Wildman–Crippen LogP) is 3.02. The van der Waals surface area contributed by atoms with Gasteiger partial charge in [-0.05, 0) is 20.0 Å². The van der Waals surface area contributed by atoms with Gasteiger partial charge in [0.2, 0.25) is 0 Å². The molecule has 0 aliphatic carbocycles. The van der Waals surface area contributed by atoms with Crippen molar-refractivity contribution in [3.63, 3.8) is 0 Å². The summed E-state index contributed by atoms with van der Waals surface area (Å²) in [5, 5.41) is 14.5. The van der Waals surface area contributed by atoms with Crippen molar-refractivity contribution in [1.82, 2.24) is 4.90 Å². The Labute approximate surface area is 115 Å². The predicted molar refractivity (Wildman–Crippen MR) is 72.6 cm³/mol. The molecule has 98 valence electrons. The number of non-ortho nitro benzene ring substituents is 1. The highest BCUT2D eigenvalue weighted by molar-refractivity contribution is 6.39. The van der Waals surface area contributed by atoms with Crippen molar-refractivity contribution in [2.24, 2.45) is 0 Å². The van der Waals surface area contributed by atoms with E-state index in [0.29, 0.717) is 5.69 Å². The molecule has 7 heteroatoms. The summed E-state index contributed by atoms with van der Waals surface area (Å²) in [5.74, 6) is 0. The lowest BCUT2D eigenvalue weighted by molar-refractivity contribution is -0.384. The maximum Gasteiger partial charge on any atom is 0.272 e. The highest BCUT2D eigenvalue weighted by Gasteiger charge is 2.22. The van der Waals surface area contributed by atoms with Crippen molar-refractivity contribution in [3.8, 4) is 0 Å². The summed E-state index contributed by atoms with van der Waals surface area (Å²) in [5.41, 5.74) is 0.475. The normalized spacial score (nSPS) is 20.1. The minimum Gasteiger partial charge on any atom is -0.379 e. The molecule has 1 unspecified atom stereocenters. The van der Waals surface area contributed by atoms with E-state index in [1.165, 1.54) is 12.1 Å². The van der Waals surface area contributed by atoms with Gasteiger partial charge < -0.3 is 10.2 Å². The molecule has 18 heavy (non-hydrogen) atoms. The lowest BCUT2D eigenvalue weighted by Gasteiger charge is -2.16. The number of likely N-dealkylation sites (tertiary alicyclic amines) is 1. The van der Waals surface area contributed by atoms with E-state index in [-0.39, 0.29) is 21.8 Å². The molecular weight excluding hydrogens is 277 g/mol. The van der Waals surface area contributed by atoms with E-state index in [1.54, 1.807) is 0 Å². The van der Waals surface area contributed by atoms with E-state index in [9.17, 15) is 10.1 Å². The summed E-state index contributed by atoms with van der Waals surface area (Å²) >= 11 is 12.1. The van der Waals surface area contributed by atoms with Gasteiger partial charge in [0.15, 0.2) is 0 Å². The third kappa shape index (κ3) is 2.85. The molecule has 0 aromatic heterocycles. The van der Waals surface area contributed by atoms with Crippen LogP contribution in [-0.2, 0) is 0 Å². The smallest absolute Gasteiger partial charge is 0.272 e. The highest BCUT2D eigenvalue weighted by atomic mass is 35.5. The fourth-order valence-electron chi connectivity index (χ4n) is 2.06.